The SMILES string of the molecule is C=C/C=c1/c(C(C)NCC2CCN(C(=O)C3CCC(C)C3)CC2c2ccccc2)cccc1=C.O=CO. The number of rotatable bonds is 7. The Morgan fingerprint density at radius 1 is 1.16 bits per heavy atom. The molecular formula is C32H42N2O3. The van der Waals surface area contributed by atoms with Crippen LogP contribution in [0.2, 0.25) is 0 Å². The third-order valence-electron chi connectivity index (χ3n) is 8.01. The van der Waals surface area contributed by atoms with Crippen LogP contribution in [-0.2, 0) is 9.59 Å². The van der Waals surface area contributed by atoms with Gasteiger partial charge in [0.25, 0.3) is 6.47 Å². The van der Waals surface area contributed by atoms with Crippen molar-refractivity contribution in [3.8, 4) is 0 Å². The molecule has 0 radical (unpaired) electrons. The van der Waals surface area contributed by atoms with E-state index in [1.165, 1.54) is 17.5 Å². The quantitative estimate of drug-likeness (QED) is 0.548. The second-order valence-corrected chi connectivity index (χ2v) is 10.5. The second-order valence-electron chi connectivity index (χ2n) is 10.5. The number of likely N-dealkylation sites (tertiary alicyclic amines) is 1. The molecule has 1 saturated carbocycles. The maximum absolute atomic E-state index is 13.3. The first-order chi connectivity index (χ1) is 17.9. The van der Waals surface area contributed by atoms with Crippen LogP contribution in [0.5, 0.6) is 0 Å². The molecule has 37 heavy (non-hydrogen) atoms. The van der Waals surface area contributed by atoms with E-state index in [1.807, 2.05) is 6.08 Å². The monoisotopic (exact) mass is 502 g/mol. The predicted molar refractivity (Wildman–Crippen MR) is 151 cm³/mol. The Bertz CT molecular complexity index is 1150. The van der Waals surface area contributed by atoms with Crippen molar-refractivity contribution in [3.63, 3.8) is 0 Å². The smallest absolute Gasteiger partial charge is 0.290 e. The van der Waals surface area contributed by atoms with Crippen molar-refractivity contribution in [3.05, 3.63) is 82.8 Å². The molecule has 5 heteroatoms. The zero-order valence-electron chi connectivity index (χ0n) is 22.3. The molecule has 2 aliphatic rings. The highest BCUT2D eigenvalue weighted by molar-refractivity contribution is 5.79. The molecular weight excluding hydrogens is 460 g/mol. The van der Waals surface area contributed by atoms with Crippen molar-refractivity contribution in [1.82, 2.24) is 10.2 Å². The first-order valence-corrected chi connectivity index (χ1v) is 13.4. The Labute approximate surface area is 221 Å². The molecule has 1 aliphatic heterocycles. The molecule has 5 nitrogen and oxygen atoms in total. The van der Waals surface area contributed by atoms with Gasteiger partial charge in [0.05, 0.1) is 0 Å². The van der Waals surface area contributed by atoms with E-state index in [9.17, 15) is 4.79 Å². The number of carboxylic acid groups (broad SMARTS) is 1. The van der Waals surface area contributed by atoms with Crippen molar-refractivity contribution < 1.29 is 14.7 Å². The van der Waals surface area contributed by atoms with Gasteiger partial charge in [-0.3, -0.25) is 9.59 Å². The average Bonchev–Trinajstić information content (AvgIpc) is 3.35. The molecule has 2 N–H and O–H groups in total. The van der Waals surface area contributed by atoms with Gasteiger partial charge < -0.3 is 15.3 Å². The topological polar surface area (TPSA) is 69.6 Å². The molecule has 4 rings (SSSR count). The highest BCUT2D eigenvalue weighted by Crippen LogP contribution is 2.36. The van der Waals surface area contributed by atoms with Gasteiger partial charge in [-0.25, -0.2) is 0 Å². The summed E-state index contributed by atoms with van der Waals surface area (Å²) in [6.45, 7) is 15.0. The van der Waals surface area contributed by atoms with E-state index in [4.69, 9.17) is 9.90 Å². The van der Waals surface area contributed by atoms with Gasteiger partial charge in [0.15, 0.2) is 0 Å². The number of piperidine rings is 1. The lowest BCUT2D eigenvalue weighted by Gasteiger charge is -2.40. The Morgan fingerprint density at radius 2 is 1.89 bits per heavy atom. The summed E-state index contributed by atoms with van der Waals surface area (Å²) >= 11 is 0. The maximum atomic E-state index is 13.3. The third-order valence-corrected chi connectivity index (χ3v) is 8.01. The van der Waals surface area contributed by atoms with E-state index in [0.29, 0.717) is 23.7 Å². The minimum absolute atomic E-state index is 0.212. The van der Waals surface area contributed by atoms with Crippen LogP contribution >= 0.6 is 0 Å². The standard InChI is InChI=1S/C31H40N2O.CH2O2/c1-5-10-28-23(3)11-9-14-29(28)24(4)32-20-27-17-18-33(31(34)26-16-15-22(2)19-26)21-30(27)25-12-7-6-8-13-25;2-1-3/h5-14,22,24,26-27,30,32H,1,3,15-21H2,2,4H3;1H,(H,2,3)/b28-10+;. The lowest BCUT2D eigenvalue weighted by Crippen LogP contribution is -2.47. The van der Waals surface area contributed by atoms with Gasteiger partial charge in [-0.1, -0.05) is 80.8 Å². The first-order valence-electron chi connectivity index (χ1n) is 13.4. The van der Waals surface area contributed by atoms with E-state index in [2.05, 4.69) is 91.8 Å². The summed E-state index contributed by atoms with van der Waals surface area (Å²) in [5.41, 5.74) is 2.60. The van der Waals surface area contributed by atoms with Gasteiger partial charge in [0.1, 0.15) is 0 Å². The van der Waals surface area contributed by atoms with Crippen LogP contribution in [0.25, 0.3) is 12.7 Å². The Kier molecular flexibility index (Phi) is 10.7. The fourth-order valence-electron chi connectivity index (χ4n) is 5.98. The Balaban J connectivity index is 0.00000121. The fourth-order valence-corrected chi connectivity index (χ4v) is 5.98. The molecule has 1 saturated heterocycles. The normalized spacial score (nSPS) is 24.6. The Hall–Kier alpha value is -3.18. The van der Waals surface area contributed by atoms with Crippen LogP contribution in [0.3, 0.4) is 0 Å². The highest BCUT2D eigenvalue weighted by atomic mass is 16.3. The molecule has 0 bridgehead atoms. The lowest BCUT2D eigenvalue weighted by atomic mass is 9.80. The molecule has 5 atom stereocenters. The second kappa shape index (κ2) is 13.9. The summed E-state index contributed by atoms with van der Waals surface area (Å²) in [5, 5.41) is 12.9. The van der Waals surface area contributed by atoms with Crippen molar-refractivity contribution in [2.24, 2.45) is 17.8 Å². The van der Waals surface area contributed by atoms with Crippen LogP contribution in [0.15, 0.2) is 61.2 Å². The molecule has 198 valence electrons. The van der Waals surface area contributed by atoms with Crippen LogP contribution in [0.1, 0.15) is 62.6 Å². The molecule has 0 spiro atoms. The summed E-state index contributed by atoms with van der Waals surface area (Å²) in [5.74, 6) is 2.15. The predicted octanol–water partition coefficient (Wildman–Crippen LogP) is 4.48. The number of nitrogens with one attached hydrogen (secondary N) is 1. The number of carbonyl (C=O) groups is 2. The van der Waals surface area contributed by atoms with Crippen molar-refractivity contribution in [1.29, 1.82) is 0 Å². The number of hydrogen-bond donors (Lipinski definition) is 2. The average molecular weight is 503 g/mol. The zero-order valence-corrected chi connectivity index (χ0v) is 22.3. The number of nitrogens with zero attached hydrogens (tertiary/aromatic N) is 1. The van der Waals surface area contributed by atoms with Crippen molar-refractivity contribution in [2.75, 3.05) is 19.6 Å². The van der Waals surface area contributed by atoms with Gasteiger partial charge in [-0.05, 0) is 72.6 Å². The minimum atomic E-state index is -0.250. The first kappa shape index (κ1) is 28.4. The van der Waals surface area contributed by atoms with Crippen LogP contribution in [0.4, 0.5) is 0 Å². The van der Waals surface area contributed by atoms with Gasteiger partial charge in [0.2, 0.25) is 5.91 Å². The van der Waals surface area contributed by atoms with Gasteiger partial charge in [-0.2, -0.15) is 0 Å². The minimum Gasteiger partial charge on any atom is -0.483 e. The van der Waals surface area contributed by atoms with Gasteiger partial charge in [-0.15, -0.1) is 0 Å². The van der Waals surface area contributed by atoms with E-state index in [0.717, 1.165) is 49.3 Å². The molecule has 2 aromatic carbocycles. The molecule has 1 aliphatic carbocycles. The largest absolute Gasteiger partial charge is 0.483 e. The number of hydrogen-bond acceptors (Lipinski definition) is 3. The Morgan fingerprint density at radius 3 is 2.54 bits per heavy atom. The number of benzene rings is 2. The maximum Gasteiger partial charge on any atom is 0.290 e. The van der Waals surface area contributed by atoms with E-state index >= 15 is 0 Å². The molecule has 0 aromatic heterocycles. The fraction of sp³-hybridized carbons (Fsp3) is 0.438. The number of allylic oxidation sites excluding steroid dienone is 1. The zero-order chi connectivity index (χ0) is 26.8. The highest BCUT2D eigenvalue weighted by Gasteiger charge is 2.36. The van der Waals surface area contributed by atoms with Crippen molar-refractivity contribution >= 4 is 25.0 Å². The van der Waals surface area contributed by atoms with Crippen LogP contribution < -0.4 is 15.8 Å². The summed E-state index contributed by atoms with van der Waals surface area (Å²) in [6.07, 6.45) is 8.23. The number of carbonyl (C=O) groups excluding carboxylic acids is 1. The lowest BCUT2D eigenvalue weighted by molar-refractivity contribution is -0.137. The van der Waals surface area contributed by atoms with E-state index in [1.54, 1.807) is 0 Å². The number of amides is 1. The van der Waals surface area contributed by atoms with Crippen molar-refractivity contribution in [2.45, 2.75) is 51.5 Å². The summed E-state index contributed by atoms with van der Waals surface area (Å²) < 4.78 is 0. The molecule has 2 aromatic rings. The van der Waals surface area contributed by atoms with Crippen LogP contribution in [0, 0.1) is 17.8 Å². The van der Waals surface area contributed by atoms with Gasteiger partial charge >= 0.3 is 0 Å². The van der Waals surface area contributed by atoms with Crippen LogP contribution in [-0.4, -0.2) is 42.0 Å². The van der Waals surface area contributed by atoms with E-state index in [-0.39, 0.29) is 18.4 Å². The van der Waals surface area contributed by atoms with Gasteiger partial charge in [0, 0.05) is 31.0 Å². The molecule has 5 unspecified atom stereocenters. The molecule has 2 fully saturated rings. The summed E-state index contributed by atoms with van der Waals surface area (Å²) in [6, 6.07) is 17.3. The molecule has 1 amide bonds. The third kappa shape index (κ3) is 7.42. The summed E-state index contributed by atoms with van der Waals surface area (Å²) in [7, 11) is 0. The summed E-state index contributed by atoms with van der Waals surface area (Å²) in [4.78, 5) is 23.8. The molecule has 1 heterocycles. The van der Waals surface area contributed by atoms with E-state index < -0.39 is 0 Å².